The highest BCUT2D eigenvalue weighted by Crippen LogP contribution is 2.31. The zero-order valence-corrected chi connectivity index (χ0v) is 29.6. The highest BCUT2D eigenvalue weighted by atomic mass is 19.1. The fourth-order valence-corrected chi connectivity index (χ4v) is 7.70. The van der Waals surface area contributed by atoms with Crippen LogP contribution in [0.1, 0.15) is 104 Å². The smallest absolute Gasteiger partial charge is 0.410 e. The highest BCUT2D eigenvalue weighted by Gasteiger charge is 2.37. The van der Waals surface area contributed by atoms with Gasteiger partial charge in [-0.3, -0.25) is 9.69 Å². The maximum atomic E-state index is 13.9. The molecule has 3 aliphatic rings. The SMILES string of the molecule is CN(CCC1CCCCN1C1CN(CCC(CN(C)C(=O)c2cc(C#N)cc3c2CCCC3)c2ccc(F)cc2)C1)C(=O)OC(C)(C)C. The summed E-state index contributed by atoms with van der Waals surface area (Å²) in [6, 6.07) is 13.6. The molecule has 0 bridgehead atoms. The second-order valence-corrected chi connectivity index (χ2v) is 15.2. The van der Waals surface area contributed by atoms with Crippen molar-refractivity contribution in [1.82, 2.24) is 19.6 Å². The third-order valence-corrected chi connectivity index (χ3v) is 10.4. The standard InChI is InChI=1S/C39H54FN5O3/c1-39(2,3)48-38(47)42(4)20-18-33-11-8-9-19-45(33)34-26-44(27-34)21-17-31(29-13-15-32(40)16-14-29)25-43(5)37(46)36-23-28(24-41)22-30-10-6-7-12-35(30)36/h13-16,22-23,31,33-34H,6-12,17-21,25-27H2,1-5H3. The van der Waals surface area contributed by atoms with Gasteiger partial charge in [-0.1, -0.05) is 18.6 Å². The average Bonchev–Trinajstić information content (AvgIpc) is 3.05. The number of likely N-dealkylation sites (tertiary alicyclic amines) is 2. The van der Waals surface area contributed by atoms with E-state index in [1.165, 1.54) is 25.0 Å². The van der Waals surface area contributed by atoms with Crippen molar-refractivity contribution in [2.45, 2.75) is 102 Å². The van der Waals surface area contributed by atoms with Gasteiger partial charge in [0.1, 0.15) is 11.4 Å². The first-order chi connectivity index (χ1) is 22.9. The molecule has 48 heavy (non-hydrogen) atoms. The van der Waals surface area contributed by atoms with Crippen LogP contribution in [0.3, 0.4) is 0 Å². The van der Waals surface area contributed by atoms with Gasteiger partial charge in [-0.15, -0.1) is 0 Å². The van der Waals surface area contributed by atoms with Crippen LogP contribution in [0.25, 0.3) is 0 Å². The van der Waals surface area contributed by atoms with Gasteiger partial charge in [0.05, 0.1) is 11.6 Å². The van der Waals surface area contributed by atoms with Crippen molar-refractivity contribution < 1.29 is 18.7 Å². The predicted octanol–water partition coefficient (Wildman–Crippen LogP) is 6.62. The maximum Gasteiger partial charge on any atom is 0.410 e. The van der Waals surface area contributed by atoms with Crippen LogP contribution in [0.5, 0.6) is 0 Å². The Balaban J connectivity index is 1.18. The monoisotopic (exact) mass is 659 g/mol. The van der Waals surface area contributed by atoms with Crippen molar-refractivity contribution in [1.29, 1.82) is 5.26 Å². The Morgan fingerprint density at radius 2 is 1.77 bits per heavy atom. The lowest BCUT2D eigenvalue weighted by atomic mass is 9.86. The fourth-order valence-electron chi connectivity index (χ4n) is 7.70. The first-order valence-electron chi connectivity index (χ1n) is 17.9. The molecule has 5 rings (SSSR count). The van der Waals surface area contributed by atoms with Gasteiger partial charge < -0.3 is 19.4 Å². The number of benzene rings is 2. The van der Waals surface area contributed by atoms with Crippen molar-refractivity contribution in [2.24, 2.45) is 0 Å². The van der Waals surface area contributed by atoms with Gasteiger partial charge in [0.15, 0.2) is 0 Å². The molecule has 9 heteroatoms. The van der Waals surface area contributed by atoms with Crippen LogP contribution in [0.2, 0.25) is 0 Å². The van der Waals surface area contributed by atoms with Gasteiger partial charge in [-0.05, 0) is 126 Å². The van der Waals surface area contributed by atoms with E-state index in [1.807, 2.05) is 53.1 Å². The van der Waals surface area contributed by atoms with Gasteiger partial charge in [-0.2, -0.15) is 5.26 Å². The van der Waals surface area contributed by atoms with Crippen LogP contribution < -0.4 is 0 Å². The molecule has 260 valence electrons. The number of aryl methyl sites for hydroxylation is 1. The lowest BCUT2D eigenvalue weighted by molar-refractivity contribution is -0.0140. The van der Waals surface area contributed by atoms with Crippen molar-refractivity contribution in [2.75, 3.05) is 53.4 Å². The summed E-state index contributed by atoms with van der Waals surface area (Å²) in [7, 11) is 3.68. The Bertz CT molecular complexity index is 1460. The van der Waals surface area contributed by atoms with E-state index >= 15 is 0 Å². The number of nitriles is 1. The number of likely N-dealkylation sites (N-methyl/N-ethyl adjacent to an activating group) is 1. The number of piperidine rings is 1. The molecule has 2 amide bonds. The lowest BCUT2D eigenvalue weighted by Gasteiger charge is -2.50. The normalized spacial score (nSPS) is 19.5. The number of rotatable bonds is 11. The quantitative estimate of drug-likeness (QED) is 0.270. The summed E-state index contributed by atoms with van der Waals surface area (Å²) in [5.74, 6) is -0.254. The number of hydrogen-bond acceptors (Lipinski definition) is 6. The Morgan fingerprint density at radius 3 is 2.48 bits per heavy atom. The molecule has 2 saturated heterocycles. The first-order valence-corrected chi connectivity index (χ1v) is 17.9. The maximum absolute atomic E-state index is 13.9. The largest absolute Gasteiger partial charge is 0.444 e. The minimum atomic E-state index is -0.498. The molecule has 2 aromatic rings. The van der Waals surface area contributed by atoms with Crippen LogP contribution >= 0.6 is 0 Å². The summed E-state index contributed by atoms with van der Waals surface area (Å²) in [5.41, 5.74) is 3.96. The van der Waals surface area contributed by atoms with Crippen molar-refractivity contribution in [3.8, 4) is 6.07 Å². The van der Waals surface area contributed by atoms with E-state index in [2.05, 4.69) is 15.9 Å². The number of fused-ring (bicyclic) bond motifs is 1. The van der Waals surface area contributed by atoms with E-state index in [0.29, 0.717) is 36.3 Å². The molecule has 1 aliphatic carbocycles. The third-order valence-electron chi connectivity index (χ3n) is 10.4. The number of nitrogens with zero attached hydrogens (tertiary/aromatic N) is 5. The third kappa shape index (κ3) is 9.15. The molecule has 2 heterocycles. The van der Waals surface area contributed by atoms with Crippen molar-refractivity contribution in [3.63, 3.8) is 0 Å². The summed E-state index contributed by atoms with van der Waals surface area (Å²) in [5, 5.41) is 9.64. The van der Waals surface area contributed by atoms with E-state index in [0.717, 1.165) is 87.8 Å². The Kier molecular flexibility index (Phi) is 11.8. The van der Waals surface area contributed by atoms with Crippen LogP contribution in [0, 0.1) is 17.1 Å². The summed E-state index contributed by atoms with van der Waals surface area (Å²) < 4.78 is 19.4. The fraction of sp³-hybridized carbons (Fsp3) is 0.615. The van der Waals surface area contributed by atoms with E-state index in [1.54, 1.807) is 15.9 Å². The molecule has 0 radical (unpaired) electrons. The number of halogens is 1. The van der Waals surface area contributed by atoms with Crippen LogP contribution in [-0.2, 0) is 17.6 Å². The van der Waals surface area contributed by atoms with Gasteiger partial charge >= 0.3 is 6.09 Å². The number of ether oxygens (including phenoxy) is 1. The summed E-state index contributed by atoms with van der Waals surface area (Å²) in [6.45, 7) is 10.9. The molecule has 8 nitrogen and oxygen atoms in total. The van der Waals surface area contributed by atoms with Gasteiger partial charge in [0.25, 0.3) is 5.91 Å². The number of hydrogen-bond donors (Lipinski definition) is 0. The van der Waals surface area contributed by atoms with E-state index < -0.39 is 5.60 Å². The molecule has 2 unspecified atom stereocenters. The summed E-state index contributed by atoms with van der Waals surface area (Å²) in [4.78, 5) is 35.0. The molecular formula is C39H54FN5O3. The molecule has 0 aromatic heterocycles. The number of amides is 2. The van der Waals surface area contributed by atoms with Crippen LogP contribution in [0.4, 0.5) is 9.18 Å². The lowest BCUT2D eigenvalue weighted by Crippen LogP contribution is -2.63. The van der Waals surface area contributed by atoms with Crippen LogP contribution in [-0.4, -0.2) is 103 Å². The molecule has 2 aliphatic heterocycles. The average molecular weight is 660 g/mol. The van der Waals surface area contributed by atoms with Gasteiger partial charge in [0.2, 0.25) is 0 Å². The molecule has 0 spiro atoms. The van der Waals surface area contributed by atoms with Gasteiger partial charge in [0, 0.05) is 63.8 Å². The topological polar surface area (TPSA) is 80.1 Å². The second-order valence-electron chi connectivity index (χ2n) is 15.2. The molecule has 0 N–H and O–H groups in total. The zero-order chi connectivity index (χ0) is 34.4. The number of carbonyl (C=O) groups excluding carboxylic acids is 2. The Labute approximate surface area is 286 Å². The van der Waals surface area contributed by atoms with Gasteiger partial charge in [-0.25, -0.2) is 9.18 Å². The molecule has 2 aromatic carbocycles. The van der Waals surface area contributed by atoms with Crippen LogP contribution in [0.15, 0.2) is 36.4 Å². The first kappa shape index (κ1) is 35.8. The molecule has 2 atom stereocenters. The Morgan fingerprint density at radius 1 is 1.04 bits per heavy atom. The minimum Gasteiger partial charge on any atom is -0.444 e. The highest BCUT2D eigenvalue weighted by molar-refractivity contribution is 5.96. The summed E-state index contributed by atoms with van der Waals surface area (Å²) >= 11 is 0. The van der Waals surface area contributed by atoms with E-state index in [9.17, 15) is 19.2 Å². The van der Waals surface area contributed by atoms with Crippen molar-refractivity contribution in [3.05, 3.63) is 70.0 Å². The summed E-state index contributed by atoms with van der Waals surface area (Å²) in [6.07, 6.45) is 9.04. The molecule has 0 saturated carbocycles. The van der Waals surface area contributed by atoms with E-state index in [-0.39, 0.29) is 23.7 Å². The second kappa shape index (κ2) is 15.8. The van der Waals surface area contributed by atoms with Crippen molar-refractivity contribution >= 4 is 12.0 Å². The minimum absolute atomic E-state index is 0.0465. The predicted molar refractivity (Wildman–Crippen MR) is 187 cm³/mol. The Hall–Kier alpha value is -3.48. The molecular weight excluding hydrogens is 605 g/mol. The number of carbonyl (C=O) groups is 2. The molecule has 2 fully saturated rings. The zero-order valence-electron chi connectivity index (χ0n) is 29.6. The van der Waals surface area contributed by atoms with E-state index in [4.69, 9.17) is 4.74 Å².